The van der Waals surface area contributed by atoms with Crippen molar-refractivity contribution in [2.24, 2.45) is 15.2 Å². The highest BCUT2D eigenvalue weighted by molar-refractivity contribution is 7.90. The van der Waals surface area contributed by atoms with Crippen molar-refractivity contribution in [3.05, 3.63) is 101 Å². The normalized spacial score (nSPS) is 16.6. The van der Waals surface area contributed by atoms with E-state index < -0.39 is 49.0 Å². The molecule has 0 aromatic heterocycles. The molecule has 9 nitrogen and oxygen atoms in total. The molecule has 3 aromatic carbocycles. The summed E-state index contributed by atoms with van der Waals surface area (Å²) in [6.45, 7) is -0.284. The third kappa shape index (κ3) is 7.38. The van der Waals surface area contributed by atoms with Gasteiger partial charge in [0.15, 0.2) is 0 Å². The van der Waals surface area contributed by atoms with Crippen LogP contribution in [-0.4, -0.2) is 52.4 Å². The van der Waals surface area contributed by atoms with E-state index in [0.29, 0.717) is 28.4 Å². The Balaban J connectivity index is 1.72. The molecule has 0 fully saturated rings. The fraction of sp³-hybridized carbons (Fsp3) is 0.200. The number of nitrogens with zero attached hydrogens (tertiary/aromatic N) is 3. The van der Waals surface area contributed by atoms with Gasteiger partial charge in [-0.05, 0) is 47.5 Å². The second-order valence-corrected chi connectivity index (χ2v) is 12.6. The van der Waals surface area contributed by atoms with Gasteiger partial charge in [0.1, 0.15) is 0 Å². The standard InChI is InChI=1S/C25H23ClF3N5O4S2/c26-20-10-6-18(7-11-20)23-22(17-4-2-1-3-5-17)16-34(32-23)24(31-14-15-39(30,35)36)33-40(37,38)21-12-8-19(9-13-21)25(27,28)29/h1-13,22H,14-16H2,(H,31,33)(H2,30,35,36)/t22-/m1/s1. The van der Waals surface area contributed by atoms with E-state index in [4.69, 9.17) is 16.7 Å². The van der Waals surface area contributed by atoms with E-state index in [-0.39, 0.29) is 18.4 Å². The number of aliphatic imine (C=N–C) groups is 1. The smallest absolute Gasteiger partial charge is 0.250 e. The highest BCUT2D eigenvalue weighted by Crippen LogP contribution is 2.31. The Morgan fingerprint density at radius 3 is 2.20 bits per heavy atom. The third-order valence-corrected chi connectivity index (χ3v) is 8.20. The molecule has 0 spiro atoms. The largest absolute Gasteiger partial charge is 0.416 e. The first kappa shape index (κ1) is 29.5. The number of primary sulfonamides is 1. The zero-order valence-electron chi connectivity index (χ0n) is 20.6. The monoisotopic (exact) mass is 613 g/mol. The summed E-state index contributed by atoms with van der Waals surface area (Å²) in [6.07, 6.45) is -4.65. The molecule has 212 valence electrons. The molecular formula is C25H23ClF3N5O4S2. The molecule has 1 aliphatic heterocycles. The summed E-state index contributed by atoms with van der Waals surface area (Å²) in [6, 6.07) is 19.1. The molecule has 0 unspecified atom stereocenters. The summed E-state index contributed by atoms with van der Waals surface area (Å²) in [5.41, 5.74) is 1.12. The SMILES string of the molecule is NS(=O)(=O)CCN=C(NS(=O)(=O)c1ccc(C(F)(F)F)cc1)N1C[C@H](c2ccccc2)C(c2ccc(Cl)cc2)=N1. The Morgan fingerprint density at radius 2 is 1.62 bits per heavy atom. The lowest BCUT2D eigenvalue weighted by Crippen LogP contribution is -2.41. The van der Waals surface area contributed by atoms with Crippen LogP contribution in [-0.2, 0) is 26.2 Å². The fourth-order valence-corrected chi connectivity index (χ4v) is 5.40. The first-order valence-electron chi connectivity index (χ1n) is 11.6. The van der Waals surface area contributed by atoms with Crippen LogP contribution < -0.4 is 9.86 Å². The van der Waals surface area contributed by atoms with Crippen LogP contribution >= 0.6 is 11.6 Å². The van der Waals surface area contributed by atoms with Crippen LogP contribution in [0, 0.1) is 0 Å². The maximum Gasteiger partial charge on any atom is 0.416 e. The number of sulfonamides is 2. The summed E-state index contributed by atoms with van der Waals surface area (Å²) in [5, 5.41) is 11.5. The van der Waals surface area contributed by atoms with Gasteiger partial charge in [-0.3, -0.25) is 0 Å². The first-order chi connectivity index (χ1) is 18.7. The number of halogens is 4. The van der Waals surface area contributed by atoms with Crippen molar-refractivity contribution < 1.29 is 30.0 Å². The zero-order chi connectivity index (χ0) is 29.1. The van der Waals surface area contributed by atoms with E-state index >= 15 is 0 Å². The Morgan fingerprint density at radius 1 is 1.00 bits per heavy atom. The molecule has 1 aliphatic rings. The van der Waals surface area contributed by atoms with Crippen LogP contribution in [0.2, 0.25) is 5.02 Å². The van der Waals surface area contributed by atoms with E-state index in [2.05, 4.69) is 14.8 Å². The quantitative estimate of drug-likeness (QED) is 0.309. The van der Waals surface area contributed by atoms with Crippen molar-refractivity contribution in [3.63, 3.8) is 0 Å². The molecule has 40 heavy (non-hydrogen) atoms. The van der Waals surface area contributed by atoms with Crippen LogP contribution in [0.4, 0.5) is 13.2 Å². The molecule has 1 heterocycles. The van der Waals surface area contributed by atoms with Gasteiger partial charge in [0.2, 0.25) is 16.0 Å². The molecule has 0 radical (unpaired) electrons. The van der Waals surface area contributed by atoms with Crippen molar-refractivity contribution in [2.75, 3.05) is 18.8 Å². The minimum absolute atomic E-state index is 0.117. The molecule has 0 aliphatic carbocycles. The van der Waals surface area contributed by atoms with E-state index in [1.807, 2.05) is 30.3 Å². The Hall–Kier alpha value is -3.46. The van der Waals surface area contributed by atoms with Crippen LogP contribution in [0.1, 0.15) is 22.6 Å². The second-order valence-electron chi connectivity index (χ2n) is 8.74. The average Bonchev–Trinajstić information content (AvgIpc) is 3.33. The zero-order valence-corrected chi connectivity index (χ0v) is 23.0. The summed E-state index contributed by atoms with van der Waals surface area (Å²) >= 11 is 6.04. The lowest BCUT2D eigenvalue weighted by molar-refractivity contribution is -0.137. The van der Waals surface area contributed by atoms with E-state index in [1.165, 1.54) is 5.01 Å². The van der Waals surface area contributed by atoms with Gasteiger partial charge in [0.25, 0.3) is 10.0 Å². The fourth-order valence-electron chi connectivity index (χ4n) is 3.91. The topological polar surface area (TPSA) is 134 Å². The molecule has 0 amide bonds. The predicted octanol–water partition coefficient (Wildman–Crippen LogP) is 3.79. The molecule has 4 rings (SSSR count). The van der Waals surface area contributed by atoms with Crippen molar-refractivity contribution >= 4 is 43.3 Å². The number of rotatable bonds is 7. The van der Waals surface area contributed by atoms with Gasteiger partial charge < -0.3 is 0 Å². The highest BCUT2D eigenvalue weighted by atomic mass is 35.5. The second kappa shape index (κ2) is 11.6. The Labute approximate surface area is 234 Å². The first-order valence-corrected chi connectivity index (χ1v) is 15.2. The van der Waals surface area contributed by atoms with Gasteiger partial charge in [0, 0.05) is 10.9 Å². The number of benzene rings is 3. The van der Waals surface area contributed by atoms with Crippen molar-refractivity contribution in [2.45, 2.75) is 17.0 Å². The van der Waals surface area contributed by atoms with Gasteiger partial charge in [-0.2, -0.15) is 18.3 Å². The van der Waals surface area contributed by atoms with Crippen LogP contribution in [0.5, 0.6) is 0 Å². The average molecular weight is 614 g/mol. The Kier molecular flexibility index (Phi) is 8.54. The molecule has 0 saturated heterocycles. The summed E-state index contributed by atoms with van der Waals surface area (Å²) < 4.78 is 90.4. The molecule has 1 atom stereocenters. The number of nitrogens with one attached hydrogen (secondary N) is 1. The van der Waals surface area contributed by atoms with Gasteiger partial charge >= 0.3 is 6.18 Å². The lowest BCUT2D eigenvalue weighted by Gasteiger charge is -2.20. The van der Waals surface area contributed by atoms with Crippen LogP contribution in [0.15, 0.2) is 93.9 Å². The number of nitrogens with two attached hydrogens (primary N) is 1. The van der Waals surface area contributed by atoms with Crippen LogP contribution in [0.3, 0.4) is 0 Å². The number of hydrogen-bond acceptors (Lipinski definition) is 6. The molecule has 3 aromatic rings. The Bertz CT molecular complexity index is 1630. The van der Waals surface area contributed by atoms with Gasteiger partial charge in [-0.1, -0.05) is 54.1 Å². The molecule has 3 N–H and O–H groups in total. The number of hydrogen-bond donors (Lipinski definition) is 2. The summed E-state index contributed by atoms with van der Waals surface area (Å²) in [7, 11) is -8.38. The maximum absolute atomic E-state index is 13.2. The van der Waals surface area contributed by atoms with Crippen molar-refractivity contribution in [1.29, 1.82) is 0 Å². The molecule has 15 heteroatoms. The van der Waals surface area contributed by atoms with E-state index in [9.17, 15) is 30.0 Å². The number of alkyl halides is 3. The molecular weight excluding hydrogens is 591 g/mol. The summed E-state index contributed by atoms with van der Waals surface area (Å²) in [5.74, 6) is -1.25. The molecule has 0 bridgehead atoms. The van der Waals surface area contributed by atoms with Gasteiger partial charge in [-0.15, -0.1) is 0 Å². The maximum atomic E-state index is 13.2. The minimum atomic E-state index is -4.65. The summed E-state index contributed by atoms with van der Waals surface area (Å²) in [4.78, 5) is 3.66. The number of hydrazone groups is 1. The minimum Gasteiger partial charge on any atom is -0.250 e. The number of guanidine groups is 1. The van der Waals surface area contributed by atoms with Gasteiger partial charge in [-0.25, -0.2) is 36.7 Å². The van der Waals surface area contributed by atoms with Crippen molar-refractivity contribution in [1.82, 2.24) is 9.73 Å². The van der Waals surface area contributed by atoms with Crippen LogP contribution in [0.25, 0.3) is 0 Å². The third-order valence-electron chi connectivity index (χ3n) is 5.86. The molecule has 0 saturated carbocycles. The van der Waals surface area contributed by atoms with E-state index in [1.54, 1.807) is 24.3 Å². The van der Waals surface area contributed by atoms with Crippen molar-refractivity contribution in [3.8, 4) is 0 Å². The highest BCUT2D eigenvalue weighted by Gasteiger charge is 2.34. The predicted molar refractivity (Wildman–Crippen MR) is 146 cm³/mol. The van der Waals surface area contributed by atoms with E-state index in [0.717, 1.165) is 17.7 Å². The van der Waals surface area contributed by atoms with Gasteiger partial charge in [0.05, 0.1) is 35.0 Å². The lowest BCUT2D eigenvalue weighted by atomic mass is 9.91.